The average Bonchev–Trinajstić information content (AvgIpc) is 2.74. The number of benzene rings is 3. The first kappa shape index (κ1) is 20.2. The van der Waals surface area contributed by atoms with Gasteiger partial charge in [-0.15, -0.1) is 0 Å². The molecule has 2 nitrogen and oxygen atoms in total. The number of aryl methyl sites for hydroxylation is 2. The summed E-state index contributed by atoms with van der Waals surface area (Å²) in [7, 11) is 0. The molecule has 0 bridgehead atoms. The van der Waals surface area contributed by atoms with E-state index in [1.165, 1.54) is 0 Å². The Morgan fingerprint density at radius 1 is 0.759 bits per heavy atom. The Kier molecular flexibility index (Phi) is 5.74. The summed E-state index contributed by atoms with van der Waals surface area (Å²) in [5.41, 5.74) is 3.63. The third kappa shape index (κ3) is 3.27. The van der Waals surface area contributed by atoms with Crippen LogP contribution in [0.5, 0.6) is 11.5 Å². The molecule has 0 radical (unpaired) electrons. The Labute approximate surface area is 172 Å². The summed E-state index contributed by atoms with van der Waals surface area (Å²) in [6.45, 7) is 11.7. The van der Waals surface area contributed by atoms with Crippen molar-refractivity contribution in [1.82, 2.24) is 0 Å². The van der Waals surface area contributed by atoms with E-state index in [0.717, 1.165) is 22.3 Å². The van der Waals surface area contributed by atoms with Crippen LogP contribution in [-0.2, 0) is 5.41 Å². The van der Waals surface area contributed by atoms with E-state index in [1.807, 2.05) is 86.7 Å². The molecule has 0 fully saturated rings. The molecule has 0 aromatic heterocycles. The smallest absolute Gasteiger partial charge is 0.123 e. The van der Waals surface area contributed by atoms with Gasteiger partial charge in [0, 0.05) is 11.1 Å². The SMILES string of the molecule is C=CC=C(C=C)C(c1ccccc1)(c1cccc(C)c1O)c1cccc(C)c1O. The fraction of sp³-hybridized carbons (Fsp3) is 0.111. The van der Waals surface area contributed by atoms with Crippen molar-refractivity contribution < 1.29 is 10.2 Å². The molecule has 0 aliphatic heterocycles. The number of allylic oxidation sites excluding steroid dienone is 4. The van der Waals surface area contributed by atoms with E-state index in [2.05, 4.69) is 13.2 Å². The Morgan fingerprint density at radius 3 is 1.72 bits per heavy atom. The number of hydrogen-bond acceptors (Lipinski definition) is 2. The topological polar surface area (TPSA) is 40.5 Å². The zero-order valence-corrected chi connectivity index (χ0v) is 16.9. The number of phenols is 2. The number of aromatic hydroxyl groups is 2. The predicted octanol–water partition coefficient (Wildman–Crippen LogP) is 6.35. The average molecular weight is 383 g/mol. The van der Waals surface area contributed by atoms with E-state index in [0.29, 0.717) is 11.1 Å². The third-order valence-corrected chi connectivity index (χ3v) is 5.44. The van der Waals surface area contributed by atoms with Gasteiger partial charge in [0.15, 0.2) is 0 Å². The van der Waals surface area contributed by atoms with E-state index in [-0.39, 0.29) is 11.5 Å². The summed E-state index contributed by atoms with van der Waals surface area (Å²) < 4.78 is 0. The van der Waals surface area contributed by atoms with Crippen LogP contribution in [0, 0.1) is 13.8 Å². The van der Waals surface area contributed by atoms with E-state index >= 15 is 0 Å². The van der Waals surface area contributed by atoms with E-state index in [9.17, 15) is 10.2 Å². The minimum atomic E-state index is -0.969. The number of rotatable bonds is 6. The van der Waals surface area contributed by atoms with Crippen molar-refractivity contribution in [2.75, 3.05) is 0 Å². The second kappa shape index (κ2) is 8.24. The minimum Gasteiger partial charge on any atom is -0.507 e. The largest absolute Gasteiger partial charge is 0.507 e. The van der Waals surface area contributed by atoms with Crippen molar-refractivity contribution in [3.8, 4) is 11.5 Å². The van der Waals surface area contributed by atoms with Gasteiger partial charge in [0.2, 0.25) is 0 Å². The highest BCUT2D eigenvalue weighted by atomic mass is 16.3. The molecule has 3 rings (SSSR count). The van der Waals surface area contributed by atoms with Crippen LogP contribution in [0.15, 0.2) is 104 Å². The maximum absolute atomic E-state index is 11.2. The van der Waals surface area contributed by atoms with E-state index < -0.39 is 5.41 Å². The Morgan fingerprint density at radius 2 is 1.28 bits per heavy atom. The van der Waals surface area contributed by atoms with Crippen molar-refractivity contribution in [2.24, 2.45) is 0 Å². The summed E-state index contributed by atoms with van der Waals surface area (Å²) >= 11 is 0. The maximum Gasteiger partial charge on any atom is 0.123 e. The van der Waals surface area contributed by atoms with Crippen LogP contribution in [0.4, 0.5) is 0 Å². The molecule has 0 saturated heterocycles. The summed E-state index contributed by atoms with van der Waals surface area (Å²) in [4.78, 5) is 0. The first-order valence-electron chi connectivity index (χ1n) is 9.57. The van der Waals surface area contributed by atoms with E-state index in [4.69, 9.17) is 0 Å². The molecule has 0 amide bonds. The minimum absolute atomic E-state index is 0.189. The number of para-hydroxylation sites is 2. The van der Waals surface area contributed by atoms with Crippen LogP contribution in [0.1, 0.15) is 27.8 Å². The molecular formula is C27H26O2. The Bertz CT molecular complexity index is 1020. The fourth-order valence-corrected chi connectivity index (χ4v) is 4.02. The number of hydrogen-bond donors (Lipinski definition) is 2. The lowest BCUT2D eigenvalue weighted by molar-refractivity contribution is 0.442. The lowest BCUT2D eigenvalue weighted by atomic mass is 9.63. The molecule has 2 N–H and O–H groups in total. The molecule has 29 heavy (non-hydrogen) atoms. The van der Waals surface area contributed by atoms with Crippen LogP contribution >= 0.6 is 0 Å². The predicted molar refractivity (Wildman–Crippen MR) is 120 cm³/mol. The zero-order valence-electron chi connectivity index (χ0n) is 16.9. The molecule has 146 valence electrons. The van der Waals surface area contributed by atoms with Crippen LogP contribution in [0.2, 0.25) is 0 Å². The van der Waals surface area contributed by atoms with Gasteiger partial charge in [-0.25, -0.2) is 0 Å². The first-order valence-corrected chi connectivity index (χ1v) is 9.57. The molecule has 0 aliphatic rings. The van der Waals surface area contributed by atoms with E-state index in [1.54, 1.807) is 12.2 Å². The van der Waals surface area contributed by atoms with Gasteiger partial charge in [-0.2, -0.15) is 0 Å². The quantitative estimate of drug-likeness (QED) is 0.385. The van der Waals surface area contributed by atoms with Gasteiger partial charge in [0.25, 0.3) is 0 Å². The van der Waals surface area contributed by atoms with Crippen molar-refractivity contribution in [3.05, 3.63) is 132 Å². The summed E-state index contributed by atoms with van der Waals surface area (Å²) in [6, 6.07) is 21.3. The molecule has 2 heteroatoms. The standard InChI is InChI=1S/C27H26O2/c1-5-12-21(6-2)27(22-15-8-7-9-16-22,23-17-10-13-19(3)25(23)28)24-18-11-14-20(4)26(24)29/h5-18,28-29H,1-2H2,3-4H3. The first-order chi connectivity index (χ1) is 14.0. The molecule has 0 atom stereocenters. The van der Waals surface area contributed by atoms with Gasteiger partial charge in [0.05, 0.1) is 5.41 Å². The van der Waals surface area contributed by atoms with Crippen molar-refractivity contribution in [1.29, 1.82) is 0 Å². The van der Waals surface area contributed by atoms with Crippen molar-refractivity contribution in [3.63, 3.8) is 0 Å². The lowest BCUT2D eigenvalue weighted by Gasteiger charge is -2.38. The highest BCUT2D eigenvalue weighted by molar-refractivity contribution is 5.68. The van der Waals surface area contributed by atoms with Crippen LogP contribution in [0.25, 0.3) is 0 Å². The van der Waals surface area contributed by atoms with Crippen molar-refractivity contribution in [2.45, 2.75) is 19.3 Å². The monoisotopic (exact) mass is 382 g/mol. The highest BCUT2D eigenvalue weighted by Crippen LogP contribution is 2.52. The van der Waals surface area contributed by atoms with Gasteiger partial charge in [-0.3, -0.25) is 0 Å². The van der Waals surface area contributed by atoms with Crippen LogP contribution in [-0.4, -0.2) is 10.2 Å². The number of phenolic OH excluding ortho intramolecular Hbond substituents is 2. The Hall–Kier alpha value is -3.52. The molecule has 0 heterocycles. The van der Waals surface area contributed by atoms with Crippen molar-refractivity contribution >= 4 is 0 Å². The van der Waals surface area contributed by atoms with Gasteiger partial charge >= 0.3 is 0 Å². The molecule has 0 saturated carbocycles. The van der Waals surface area contributed by atoms with Gasteiger partial charge in [-0.1, -0.05) is 98.1 Å². The van der Waals surface area contributed by atoms with Crippen LogP contribution < -0.4 is 0 Å². The normalized spacial score (nSPS) is 11.9. The molecule has 0 spiro atoms. The second-order valence-electron chi connectivity index (χ2n) is 7.12. The zero-order chi connectivity index (χ0) is 21.0. The highest BCUT2D eigenvalue weighted by Gasteiger charge is 2.43. The van der Waals surface area contributed by atoms with Gasteiger partial charge < -0.3 is 10.2 Å². The molecule has 0 unspecified atom stereocenters. The van der Waals surface area contributed by atoms with Crippen LogP contribution in [0.3, 0.4) is 0 Å². The summed E-state index contributed by atoms with van der Waals surface area (Å²) in [5.74, 6) is 0.378. The van der Waals surface area contributed by atoms with Gasteiger partial charge in [-0.05, 0) is 36.1 Å². The summed E-state index contributed by atoms with van der Waals surface area (Å²) in [6.07, 6.45) is 5.34. The third-order valence-electron chi connectivity index (χ3n) is 5.44. The van der Waals surface area contributed by atoms with Gasteiger partial charge in [0.1, 0.15) is 11.5 Å². The maximum atomic E-state index is 11.2. The molecular weight excluding hydrogens is 356 g/mol. The summed E-state index contributed by atoms with van der Waals surface area (Å²) in [5, 5.41) is 22.3. The second-order valence-corrected chi connectivity index (χ2v) is 7.12. The fourth-order valence-electron chi connectivity index (χ4n) is 4.02. The molecule has 3 aromatic carbocycles. The molecule has 3 aromatic rings. The molecule has 0 aliphatic carbocycles. The Balaban J connectivity index is 2.62. The lowest BCUT2D eigenvalue weighted by Crippen LogP contribution is -2.32.